The Morgan fingerprint density at radius 3 is 2.42 bits per heavy atom. The van der Waals surface area contributed by atoms with Gasteiger partial charge in [0.1, 0.15) is 0 Å². The number of nitriles is 1. The quantitative estimate of drug-likeness (QED) is 0.851. The maximum absolute atomic E-state index is 8.81. The molecule has 2 N–H and O–H groups in total. The molecule has 2 aromatic carbocycles. The van der Waals surface area contributed by atoms with Crippen LogP contribution in [-0.4, -0.2) is 7.05 Å². The van der Waals surface area contributed by atoms with Crippen molar-refractivity contribution in [1.82, 2.24) is 0 Å². The zero-order valence-electron chi connectivity index (χ0n) is 11.2. The molecule has 0 radical (unpaired) electrons. The molecule has 1 atom stereocenters. The summed E-state index contributed by atoms with van der Waals surface area (Å²) >= 11 is 0. The zero-order chi connectivity index (χ0) is 13.8. The van der Waals surface area contributed by atoms with Gasteiger partial charge in [0.25, 0.3) is 0 Å². The number of benzene rings is 2. The molecule has 0 spiro atoms. The van der Waals surface area contributed by atoms with Gasteiger partial charge in [-0.15, -0.1) is 0 Å². The van der Waals surface area contributed by atoms with Crippen LogP contribution in [0.4, 0.5) is 11.4 Å². The number of hydrogen-bond donors (Lipinski definition) is 1. The summed E-state index contributed by atoms with van der Waals surface area (Å²) in [6, 6.07) is 17.8. The van der Waals surface area contributed by atoms with Crippen LogP contribution >= 0.6 is 0 Å². The minimum Gasteiger partial charge on any atom is -0.399 e. The van der Waals surface area contributed by atoms with Crippen molar-refractivity contribution in [2.24, 2.45) is 0 Å². The Hall–Kier alpha value is -2.47. The molecule has 0 aromatic heterocycles. The summed E-state index contributed by atoms with van der Waals surface area (Å²) in [5.74, 6) is 0. The van der Waals surface area contributed by atoms with Crippen molar-refractivity contribution >= 4 is 11.4 Å². The fourth-order valence-electron chi connectivity index (χ4n) is 2.04. The average molecular weight is 251 g/mol. The van der Waals surface area contributed by atoms with E-state index < -0.39 is 0 Å². The highest BCUT2D eigenvalue weighted by atomic mass is 15.1. The third-order valence-electron chi connectivity index (χ3n) is 3.38. The van der Waals surface area contributed by atoms with Crippen LogP contribution in [0.25, 0.3) is 0 Å². The lowest BCUT2D eigenvalue weighted by atomic mass is 10.1. The minimum absolute atomic E-state index is 0.219. The standard InChI is InChI=1S/C16H17N3/c1-12(14-4-3-5-15(18)10-14)19(2)16-8-6-13(11-17)7-9-16/h3-10,12H,18H2,1-2H3. The minimum atomic E-state index is 0.219. The highest BCUT2D eigenvalue weighted by Gasteiger charge is 2.12. The zero-order valence-corrected chi connectivity index (χ0v) is 11.2. The molecular weight excluding hydrogens is 234 g/mol. The van der Waals surface area contributed by atoms with Gasteiger partial charge in [-0.05, 0) is 48.9 Å². The van der Waals surface area contributed by atoms with E-state index in [-0.39, 0.29) is 6.04 Å². The molecule has 2 aromatic rings. The Labute approximate surface area is 113 Å². The van der Waals surface area contributed by atoms with E-state index in [4.69, 9.17) is 11.0 Å². The van der Waals surface area contributed by atoms with E-state index in [2.05, 4.69) is 24.0 Å². The van der Waals surface area contributed by atoms with E-state index >= 15 is 0 Å². The molecule has 0 saturated heterocycles. The molecule has 19 heavy (non-hydrogen) atoms. The molecule has 2 rings (SSSR count). The Morgan fingerprint density at radius 1 is 1.16 bits per heavy atom. The third-order valence-corrected chi connectivity index (χ3v) is 3.38. The first-order valence-corrected chi connectivity index (χ1v) is 6.20. The second-order valence-electron chi connectivity index (χ2n) is 4.62. The van der Waals surface area contributed by atoms with Gasteiger partial charge < -0.3 is 10.6 Å². The van der Waals surface area contributed by atoms with Gasteiger partial charge in [0.15, 0.2) is 0 Å². The summed E-state index contributed by atoms with van der Waals surface area (Å²) in [4.78, 5) is 2.16. The molecular formula is C16H17N3. The summed E-state index contributed by atoms with van der Waals surface area (Å²) in [6.07, 6.45) is 0. The number of nitrogens with zero attached hydrogens (tertiary/aromatic N) is 2. The molecule has 0 aliphatic rings. The smallest absolute Gasteiger partial charge is 0.0991 e. The molecule has 0 saturated carbocycles. The first-order valence-electron chi connectivity index (χ1n) is 6.20. The second kappa shape index (κ2) is 5.45. The van der Waals surface area contributed by atoms with Crippen molar-refractivity contribution in [1.29, 1.82) is 5.26 Å². The molecule has 0 bridgehead atoms. The number of nitrogen functional groups attached to an aromatic ring is 1. The molecule has 3 heteroatoms. The molecule has 0 amide bonds. The molecule has 0 aliphatic heterocycles. The van der Waals surface area contributed by atoms with Crippen LogP contribution in [0.1, 0.15) is 24.1 Å². The van der Waals surface area contributed by atoms with Gasteiger partial charge in [-0.3, -0.25) is 0 Å². The summed E-state index contributed by atoms with van der Waals surface area (Å²) in [6.45, 7) is 2.13. The molecule has 0 aliphatic carbocycles. The summed E-state index contributed by atoms with van der Waals surface area (Å²) in [7, 11) is 2.04. The van der Waals surface area contributed by atoms with Crippen LogP contribution in [-0.2, 0) is 0 Å². The van der Waals surface area contributed by atoms with E-state index in [0.29, 0.717) is 5.56 Å². The number of anilines is 2. The van der Waals surface area contributed by atoms with Gasteiger partial charge in [0.2, 0.25) is 0 Å². The van der Waals surface area contributed by atoms with Crippen molar-refractivity contribution in [2.75, 3.05) is 17.7 Å². The monoisotopic (exact) mass is 251 g/mol. The Bertz CT molecular complexity index is 596. The maximum Gasteiger partial charge on any atom is 0.0991 e. The number of nitrogens with two attached hydrogens (primary N) is 1. The van der Waals surface area contributed by atoms with E-state index in [1.54, 1.807) is 0 Å². The number of rotatable bonds is 3. The van der Waals surface area contributed by atoms with E-state index in [1.165, 1.54) is 5.56 Å². The van der Waals surface area contributed by atoms with Gasteiger partial charge >= 0.3 is 0 Å². The highest BCUT2D eigenvalue weighted by Crippen LogP contribution is 2.26. The molecule has 96 valence electrons. The molecule has 0 heterocycles. The highest BCUT2D eigenvalue weighted by molar-refractivity contribution is 5.52. The lowest BCUT2D eigenvalue weighted by Gasteiger charge is -2.27. The lowest BCUT2D eigenvalue weighted by Crippen LogP contribution is -2.21. The van der Waals surface area contributed by atoms with Gasteiger partial charge in [-0.1, -0.05) is 12.1 Å². The van der Waals surface area contributed by atoms with Gasteiger partial charge in [-0.25, -0.2) is 0 Å². The lowest BCUT2D eigenvalue weighted by molar-refractivity contribution is 0.740. The van der Waals surface area contributed by atoms with Crippen molar-refractivity contribution in [2.45, 2.75) is 13.0 Å². The summed E-state index contributed by atoms with van der Waals surface area (Å²) < 4.78 is 0. The predicted octanol–water partition coefficient (Wildman–Crippen LogP) is 3.34. The van der Waals surface area contributed by atoms with Crippen LogP contribution in [0.3, 0.4) is 0 Å². The topological polar surface area (TPSA) is 53.0 Å². The van der Waals surface area contributed by atoms with Crippen molar-refractivity contribution in [3.8, 4) is 6.07 Å². The predicted molar refractivity (Wildman–Crippen MR) is 78.8 cm³/mol. The van der Waals surface area contributed by atoms with Gasteiger partial charge in [-0.2, -0.15) is 5.26 Å². The van der Waals surface area contributed by atoms with Crippen LogP contribution in [0.2, 0.25) is 0 Å². The summed E-state index contributed by atoms with van der Waals surface area (Å²) in [5, 5.41) is 8.81. The Morgan fingerprint density at radius 2 is 1.84 bits per heavy atom. The van der Waals surface area contributed by atoms with E-state index in [1.807, 2.05) is 49.5 Å². The average Bonchev–Trinajstić information content (AvgIpc) is 2.46. The van der Waals surface area contributed by atoms with Crippen LogP contribution in [0, 0.1) is 11.3 Å². The first kappa shape index (κ1) is 13.0. The fourth-order valence-corrected chi connectivity index (χ4v) is 2.04. The van der Waals surface area contributed by atoms with Crippen LogP contribution in [0.5, 0.6) is 0 Å². The molecule has 0 fully saturated rings. The van der Waals surface area contributed by atoms with Crippen LogP contribution in [0.15, 0.2) is 48.5 Å². The molecule has 3 nitrogen and oxygen atoms in total. The van der Waals surface area contributed by atoms with Gasteiger partial charge in [0.05, 0.1) is 17.7 Å². The van der Waals surface area contributed by atoms with Gasteiger partial charge in [0, 0.05) is 18.4 Å². The SMILES string of the molecule is CC(c1cccc(N)c1)N(C)c1ccc(C#N)cc1. The van der Waals surface area contributed by atoms with E-state index in [9.17, 15) is 0 Å². The van der Waals surface area contributed by atoms with Crippen molar-refractivity contribution in [3.05, 3.63) is 59.7 Å². The Balaban J connectivity index is 2.23. The van der Waals surface area contributed by atoms with Crippen LogP contribution < -0.4 is 10.6 Å². The Kier molecular flexibility index (Phi) is 3.72. The third kappa shape index (κ3) is 2.86. The fraction of sp³-hybridized carbons (Fsp3) is 0.188. The number of hydrogen-bond acceptors (Lipinski definition) is 3. The van der Waals surface area contributed by atoms with Crippen molar-refractivity contribution in [3.63, 3.8) is 0 Å². The van der Waals surface area contributed by atoms with E-state index in [0.717, 1.165) is 11.4 Å². The second-order valence-corrected chi connectivity index (χ2v) is 4.62. The first-order chi connectivity index (χ1) is 9.11. The molecule has 1 unspecified atom stereocenters. The van der Waals surface area contributed by atoms with Crippen molar-refractivity contribution < 1.29 is 0 Å². The summed E-state index contributed by atoms with van der Waals surface area (Å²) in [5.41, 5.74) is 9.52. The normalized spacial score (nSPS) is 11.6. The largest absolute Gasteiger partial charge is 0.399 e. The maximum atomic E-state index is 8.81.